The summed E-state index contributed by atoms with van der Waals surface area (Å²) in [5, 5.41) is 5.62. The maximum Gasteiger partial charge on any atom is 0.291 e. The fourth-order valence-corrected chi connectivity index (χ4v) is 3.41. The molecular weight excluding hydrogens is 358 g/mol. The molecule has 0 aliphatic rings. The average molecular weight is 377 g/mol. The zero-order valence-corrected chi connectivity index (χ0v) is 15.8. The Morgan fingerprint density at radius 2 is 1.68 bits per heavy atom. The van der Waals surface area contributed by atoms with Crippen molar-refractivity contribution < 1.29 is 17.5 Å². The van der Waals surface area contributed by atoms with Crippen molar-refractivity contribution in [3.05, 3.63) is 65.2 Å². The third kappa shape index (κ3) is 5.35. The molecule has 25 heavy (non-hydrogen) atoms. The summed E-state index contributed by atoms with van der Waals surface area (Å²) in [7, 11) is -0.00144. The van der Waals surface area contributed by atoms with Crippen molar-refractivity contribution in [1.82, 2.24) is 5.43 Å². The van der Waals surface area contributed by atoms with E-state index in [1.807, 2.05) is 25.2 Å². The topological polar surface area (TPSA) is 85.5 Å². The highest BCUT2D eigenvalue weighted by atomic mass is 32.2. The first kappa shape index (κ1) is 19.0. The second-order valence-corrected chi connectivity index (χ2v) is 7.63. The Hall–Kier alpha value is -2.29. The van der Waals surface area contributed by atoms with Gasteiger partial charge in [0, 0.05) is 24.9 Å². The Bertz CT molecular complexity index is 973. The van der Waals surface area contributed by atoms with Crippen molar-refractivity contribution in [2.24, 2.45) is 12.1 Å². The zero-order valence-electron chi connectivity index (χ0n) is 14.1. The highest BCUT2D eigenvalue weighted by Gasteiger charge is 2.23. The lowest BCUT2D eigenvalue weighted by molar-refractivity contribution is -0.641. The molecule has 1 N–H and O–H groups in total. The number of aromatic nitrogens is 1. The first-order valence-electron chi connectivity index (χ1n) is 7.40. The van der Waals surface area contributed by atoms with Gasteiger partial charge >= 0.3 is 0 Å². The van der Waals surface area contributed by atoms with Crippen molar-refractivity contribution in [3.8, 4) is 0 Å². The molecule has 1 heterocycles. The van der Waals surface area contributed by atoms with Crippen LogP contribution in [-0.4, -0.2) is 32.0 Å². The molecule has 6 nitrogen and oxygen atoms in total. The molecule has 0 amide bonds. The van der Waals surface area contributed by atoms with Crippen molar-refractivity contribution >= 4 is 37.4 Å². The predicted octanol–water partition coefficient (Wildman–Crippen LogP) is 1.86. The Labute approximate surface area is 151 Å². The van der Waals surface area contributed by atoms with Gasteiger partial charge < -0.3 is 9.98 Å². The van der Waals surface area contributed by atoms with E-state index >= 15 is 0 Å². The minimum absolute atomic E-state index is 0.604. The van der Waals surface area contributed by atoms with Crippen LogP contribution in [0, 0.1) is 0 Å². The minimum atomic E-state index is -3.92. The fraction of sp³-hybridized carbons (Fsp3) is 0.176. The standard InChI is InChI=1S/C16H15N3S.CH4O3S/c1-17-18-15(12-8-4-3-5-9-12)16-19(2)13-10-6-7-11-14(13)20-16;1-5(2,3)4/h3-11H,1-2H3;1H3,(H,2,3,4). The van der Waals surface area contributed by atoms with Crippen LogP contribution in [0.5, 0.6) is 0 Å². The molecule has 0 atom stereocenters. The molecule has 0 saturated carbocycles. The molecule has 3 aromatic rings. The van der Waals surface area contributed by atoms with Crippen LogP contribution in [0.1, 0.15) is 10.6 Å². The third-order valence-electron chi connectivity index (χ3n) is 3.21. The molecule has 3 rings (SSSR count). The van der Waals surface area contributed by atoms with Crippen molar-refractivity contribution in [2.45, 2.75) is 0 Å². The third-order valence-corrected chi connectivity index (χ3v) is 4.44. The summed E-state index contributed by atoms with van der Waals surface area (Å²) in [6.07, 6.45) is 0.604. The minimum Gasteiger partial charge on any atom is -0.748 e. The summed E-state index contributed by atoms with van der Waals surface area (Å²) in [4.78, 5) is 0. The number of hydrogen-bond donors (Lipinski definition) is 1. The lowest BCUT2D eigenvalue weighted by Crippen LogP contribution is -2.34. The van der Waals surface area contributed by atoms with Crippen LogP contribution in [0.3, 0.4) is 0 Å². The van der Waals surface area contributed by atoms with Crippen molar-refractivity contribution in [2.75, 3.05) is 13.3 Å². The van der Waals surface area contributed by atoms with E-state index in [1.54, 1.807) is 11.3 Å². The number of benzene rings is 2. The molecule has 0 bridgehead atoms. The molecule has 0 spiro atoms. The molecular formula is C17H19N3O3S2. The molecule has 132 valence electrons. The Balaban J connectivity index is 0.000000399. The summed E-state index contributed by atoms with van der Waals surface area (Å²) >= 11 is 1.76. The molecule has 0 unspecified atom stereocenters. The molecule has 0 fully saturated rings. The van der Waals surface area contributed by atoms with Crippen molar-refractivity contribution in [3.63, 3.8) is 0 Å². The van der Waals surface area contributed by atoms with Gasteiger partial charge in [-0.25, -0.2) is 8.42 Å². The number of thiazole rings is 1. The zero-order chi connectivity index (χ0) is 18.4. The van der Waals surface area contributed by atoms with Gasteiger partial charge in [0.1, 0.15) is 11.7 Å². The number of nitrogens with one attached hydrogen (secondary N) is 1. The summed E-state index contributed by atoms with van der Waals surface area (Å²) in [5.74, 6) is 0. The number of hydrazone groups is 1. The van der Waals surface area contributed by atoms with E-state index in [-0.39, 0.29) is 0 Å². The SMILES string of the molecule is CNN=C(c1ccccc1)c1sc2ccccc2[n+]1C.CS(=O)(=O)[O-]. The van der Waals surface area contributed by atoms with E-state index in [1.165, 1.54) is 10.2 Å². The van der Waals surface area contributed by atoms with Gasteiger partial charge in [0.2, 0.25) is 5.52 Å². The predicted molar refractivity (Wildman–Crippen MR) is 99.8 cm³/mol. The normalized spacial score (nSPS) is 11.8. The molecule has 8 heteroatoms. The molecule has 0 aliphatic heterocycles. The quantitative estimate of drug-likeness (QED) is 0.327. The summed E-state index contributed by atoms with van der Waals surface area (Å²) in [6, 6.07) is 18.7. The first-order chi connectivity index (χ1) is 11.8. The lowest BCUT2D eigenvalue weighted by atomic mass is 10.1. The van der Waals surface area contributed by atoms with Crippen molar-refractivity contribution in [1.29, 1.82) is 0 Å². The lowest BCUT2D eigenvalue weighted by Gasteiger charge is -2.01. The van der Waals surface area contributed by atoms with Gasteiger partial charge in [0.15, 0.2) is 5.71 Å². The van der Waals surface area contributed by atoms with Gasteiger partial charge in [0.05, 0.1) is 10.1 Å². The summed E-state index contributed by atoms with van der Waals surface area (Å²) in [6.45, 7) is 0. The van der Waals surface area contributed by atoms with Crippen LogP contribution < -0.4 is 9.99 Å². The van der Waals surface area contributed by atoms with Gasteiger partial charge in [-0.3, -0.25) is 0 Å². The number of aryl methyl sites for hydroxylation is 1. The molecule has 2 aromatic carbocycles. The van der Waals surface area contributed by atoms with E-state index in [0.717, 1.165) is 16.3 Å². The highest BCUT2D eigenvalue weighted by molar-refractivity contribution is 7.84. The van der Waals surface area contributed by atoms with Crippen LogP contribution in [-0.2, 0) is 17.2 Å². The van der Waals surface area contributed by atoms with E-state index in [9.17, 15) is 0 Å². The summed E-state index contributed by atoms with van der Waals surface area (Å²) < 4.78 is 30.7. The van der Waals surface area contributed by atoms with Gasteiger partial charge in [-0.2, -0.15) is 9.67 Å². The first-order valence-corrected chi connectivity index (χ1v) is 10.0. The number of rotatable bonds is 3. The van der Waals surface area contributed by atoms with E-state index in [2.05, 4.69) is 58.5 Å². The van der Waals surface area contributed by atoms with Crippen LogP contribution in [0.2, 0.25) is 0 Å². The van der Waals surface area contributed by atoms with Crippen LogP contribution in [0.15, 0.2) is 59.7 Å². The van der Waals surface area contributed by atoms with Gasteiger partial charge in [-0.15, -0.1) is 0 Å². The largest absolute Gasteiger partial charge is 0.748 e. The molecule has 0 radical (unpaired) electrons. The average Bonchev–Trinajstić information content (AvgIpc) is 2.89. The second kappa shape index (κ2) is 8.19. The van der Waals surface area contributed by atoms with Crippen LogP contribution in [0.4, 0.5) is 0 Å². The Morgan fingerprint density at radius 3 is 2.24 bits per heavy atom. The van der Waals surface area contributed by atoms with E-state index < -0.39 is 10.1 Å². The maximum absolute atomic E-state index is 9.08. The fourth-order valence-electron chi connectivity index (χ4n) is 2.25. The monoisotopic (exact) mass is 377 g/mol. The number of hydrogen-bond acceptors (Lipinski definition) is 6. The number of nitrogens with zero attached hydrogens (tertiary/aromatic N) is 2. The maximum atomic E-state index is 9.08. The number of para-hydroxylation sites is 1. The van der Waals surface area contributed by atoms with Gasteiger partial charge in [-0.1, -0.05) is 53.8 Å². The second-order valence-electron chi connectivity index (χ2n) is 5.19. The highest BCUT2D eigenvalue weighted by Crippen LogP contribution is 2.22. The molecule has 1 aromatic heterocycles. The van der Waals surface area contributed by atoms with E-state index in [4.69, 9.17) is 13.0 Å². The smallest absolute Gasteiger partial charge is 0.291 e. The summed E-state index contributed by atoms with van der Waals surface area (Å²) in [5.41, 5.74) is 6.23. The number of fused-ring (bicyclic) bond motifs is 1. The Kier molecular flexibility index (Phi) is 6.24. The van der Waals surface area contributed by atoms with Gasteiger partial charge in [0.25, 0.3) is 5.01 Å². The molecule has 0 saturated heterocycles. The van der Waals surface area contributed by atoms with Crippen LogP contribution >= 0.6 is 11.3 Å². The Morgan fingerprint density at radius 1 is 1.12 bits per heavy atom. The van der Waals surface area contributed by atoms with Crippen LogP contribution in [0.25, 0.3) is 10.2 Å². The van der Waals surface area contributed by atoms with E-state index in [0.29, 0.717) is 6.26 Å². The molecule has 0 aliphatic carbocycles. The van der Waals surface area contributed by atoms with Gasteiger partial charge in [-0.05, 0) is 6.07 Å².